The Morgan fingerprint density at radius 1 is 1.47 bits per heavy atom. The van der Waals surface area contributed by atoms with Crippen molar-refractivity contribution in [3.63, 3.8) is 0 Å². The third kappa shape index (κ3) is 5.33. The largest absolute Gasteiger partial charge is 0.328 e. The maximum absolute atomic E-state index is 5.99. The van der Waals surface area contributed by atoms with Crippen LogP contribution in [0.3, 0.4) is 0 Å². The van der Waals surface area contributed by atoms with Crippen molar-refractivity contribution in [3.8, 4) is 0 Å². The Kier molecular flexibility index (Phi) is 5.96. The second kappa shape index (κ2) is 7.02. The maximum atomic E-state index is 5.99. The van der Waals surface area contributed by atoms with E-state index in [0.29, 0.717) is 6.04 Å². The van der Waals surface area contributed by atoms with E-state index in [1.54, 1.807) is 0 Å². The minimum Gasteiger partial charge on any atom is -0.328 e. The lowest BCUT2D eigenvalue weighted by molar-refractivity contribution is 0.220. The first kappa shape index (κ1) is 12.7. The number of nitrogens with zero attached hydrogens (tertiary/aromatic N) is 1. The lowest BCUT2D eigenvalue weighted by Gasteiger charge is -2.30. The molecule has 2 N–H and O–H groups in total. The molecule has 1 fully saturated rings. The molecule has 0 bridgehead atoms. The summed E-state index contributed by atoms with van der Waals surface area (Å²) in [5.41, 5.74) is 5.99. The van der Waals surface area contributed by atoms with Crippen LogP contribution in [0.2, 0.25) is 0 Å². The summed E-state index contributed by atoms with van der Waals surface area (Å²) in [6, 6.07) is 0.463. The molecule has 2 unspecified atom stereocenters. The summed E-state index contributed by atoms with van der Waals surface area (Å²) in [5.74, 6) is 0.836. The van der Waals surface area contributed by atoms with Crippen LogP contribution in [0.4, 0.5) is 0 Å². The van der Waals surface area contributed by atoms with Gasteiger partial charge in [0, 0.05) is 12.6 Å². The van der Waals surface area contributed by atoms with Gasteiger partial charge in [-0.05, 0) is 51.6 Å². The fourth-order valence-corrected chi connectivity index (χ4v) is 2.54. The number of unbranched alkanes of at least 4 members (excludes halogenated alkanes) is 1. The van der Waals surface area contributed by atoms with Crippen LogP contribution < -0.4 is 5.73 Å². The number of nitrogens with two attached hydrogens (primary N) is 1. The van der Waals surface area contributed by atoms with Gasteiger partial charge in [0.1, 0.15) is 0 Å². The van der Waals surface area contributed by atoms with Gasteiger partial charge in [0.25, 0.3) is 0 Å². The van der Waals surface area contributed by atoms with E-state index in [-0.39, 0.29) is 0 Å². The lowest BCUT2D eigenvalue weighted by Crippen LogP contribution is -2.34. The Hall–Kier alpha value is -0.340. The fraction of sp³-hybridized carbons (Fsp3) is 0.846. The average molecular weight is 210 g/mol. The summed E-state index contributed by atoms with van der Waals surface area (Å²) < 4.78 is 0. The molecule has 15 heavy (non-hydrogen) atoms. The zero-order valence-corrected chi connectivity index (χ0v) is 10.1. The molecule has 0 saturated heterocycles. The Morgan fingerprint density at radius 3 is 2.93 bits per heavy atom. The minimum atomic E-state index is 0.463. The summed E-state index contributed by atoms with van der Waals surface area (Å²) in [7, 11) is 2.23. The van der Waals surface area contributed by atoms with E-state index < -0.39 is 0 Å². The molecule has 0 radical (unpaired) electrons. The molecule has 2 atom stereocenters. The van der Waals surface area contributed by atoms with Crippen LogP contribution in [0, 0.1) is 5.92 Å². The van der Waals surface area contributed by atoms with Crippen molar-refractivity contribution in [2.45, 2.75) is 44.6 Å². The van der Waals surface area contributed by atoms with Crippen LogP contribution in [0.5, 0.6) is 0 Å². The predicted octanol–water partition coefficient (Wildman–Crippen LogP) is 2.40. The quantitative estimate of drug-likeness (QED) is 0.539. The highest BCUT2D eigenvalue weighted by Gasteiger charge is 2.19. The molecule has 1 rings (SSSR count). The average Bonchev–Trinajstić information content (AvgIpc) is 2.18. The molecule has 0 aromatic heterocycles. The second-order valence-electron chi connectivity index (χ2n) is 4.99. The molecule has 1 aliphatic rings. The van der Waals surface area contributed by atoms with E-state index in [1.807, 2.05) is 6.08 Å². The molecule has 0 heterocycles. The molecular weight excluding hydrogens is 184 g/mol. The Morgan fingerprint density at radius 2 is 2.27 bits per heavy atom. The van der Waals surface area contributed by atoms with Gasteiger partial charge in [0.2, 0.25) is 0 Å². The van der Waals surface area contributed by atoms with E-state index in [2.05, 4.69) is 18.5 Å². The summed E-state index contributed by atoms with van der Waals surface area (Å²) in [4.78, 5) is 2.45. The first-order valence-electron chi connectivity index (χ1n) is 6.27. The minimum absolute atomic E-state index is 0.463. The summed E-state index contributed by atoms with van der Waals surface area (Å²) >= 11 is 0. The topological polar surface area (TPSA) is 29.3 Å². The van der Waals surface area contributed by atoms with Crippen LogP contribution >= 0.6 is 0 Å². The van der Waals surface area contributed by atoms with Crippen molar-refractivity contribution in [2.24, 2.45) is 11.7 Å². The first-order chi connectivity index (χ1) is 7.22. The SMILES string of the molecule is C=CCCCN(C)CC1CCCC(N)C1. The zero-order valence-electron chi connectivity index (χ0n) is 10.1. The van der Waals surface area contributed by atoms with Gasteiger partial charge in [-0.1, -0.05) is 12.5 Å². The van der Waals surface area contributed by atoms with Gasteiger partial charge in [0.05, 0.1) is 0 Å². The third-order valence-corrected chi connectivity index (χ3v) is 3.34. The maximum Gasteiger partial charge on any atom is 0.00419 e. The Balaban J connectivity index is 2.13. The van der Waals surface area contributed by atoms with Gasteiger partial charge in [-0.2, -0.15) is 0 Å². The van der Waals surface area contributed by atoms with Crippen molar-refractivity contribution in [1.29, 1.82) is 0 Å². The molecule has 0 amide bonds. The highest BCUT2D eigenvalue weighted by Crippen LogP contribution is 2.23. The van der Waals surface area contributed by atoms with Crippen LogP contribution in [0.15, 0.2) is 12.7 Å². The molecule has 0 aromatic carbocycles. The second-order valence-corrected chi connectivity index (χ2v) is 4.99. The third-order valence-electron chi connectivity index (χ3n) is 3.34. The molecule has 1 aliphatic carbocycles. The normalized spacial score (nSPS) is 26.9. The van der Waals surface area contributed by atoms with Crippen LogP contribution in [-0.2, 0) is 0 Å². The lowest BCUT2D eigenvalue weighted by atomic mass is 9.86. The van der Waals surface area contributed by atoms with E-state index in [1.165, 1.54) is 45.2 Å². The zero-order chi connectivity index (χ0) is 11.1. The van der Waals surface area contributed by atoms with Crippen LogP contribution in [-0.4, -0.2) is 31.1 Å². The standard InChI is InChI=1S/C13H26N2/c1-3-4-5-9-15(2)11-12-7-6-8-13(14)10-12/h3,12-13H,1,4-11,14H2,2H3. The molecular formula is C13H26N2. The van der Waals surface area contributed by atoms with Crippen molar-refractivity contribution < 1.29 is 0 Å². The van der Waals surface area contributed by atoms with Crippen molar-refractivity contribution >= 4 is 0 Å². The van der Waals surface area contributed by atoms with Gasteiger partial charge >= 0.3 is 0 Å². The predicted molar refractivity (Wildman–Crippen MR) is 66.9 cm³/mol. The summed E-state index contributed by atoms with van der Waals surface area (Å²) in [6.45, 7) is 6.17. The van der Waals surface area contributed by atoms with Crippen LogP contribution in [0.25, 0.3) is 0 Å². The summed E-state index contributed by atoms with van der Waals surface area (Å²) in [6.07, 6.45) is 9.53. The highest BCUT2D eigenvalue weighted by molar-refractivity contribution is 4.77. The molecule has 2 nitrogen and oxygen atoms in total. The summed E-state index contributed by atoms with van der Waals surface area (Å²) in [5, 5.41) is 0. The molecule has 88 valence electrons. The number of hydrogen-bond donors (Lipinski definition) is 1. The van der Waals surface area contributed by atoms with Crippen molar-refractivity contribution in [3.05, 3.63) is 12.7 Å². The smallest absolute Gasteiger partial charge is 0.00419 e. The molecule has 1 saturated carbocycles. The number of allylic oxidation sites excluding steroid dienone is 1. The van der Waals surface area contributed by atoms with E-state index >= 15 is 0 Å². The van der Waals surface area contributed by atoms with Gasteiger partial charge in [-0.25, -0.2) is 0 Å². The molecule has 2 heteroatoms. The monoisotopic (exact) mass is 210 g/mol. The molecule has 0 spiro atoms. The fourth-order valence-electron chi connectivity index (χ4n) is 2.54. The van der Waals surface area contributed by atoms with E-state index in [0.717, 1.165) is 12.3 Å². The van der Waals surface area contributed by atoms with Gasteiger partial charge in [-0.3, -0.25) is 0 Å². The van der Waals surface area contributed by atoms with Crippen molar-refractivity contribution in [1.82, 2.24) is 4.90 Å². The highest BCUT2D eigenvalue weighted by atomic mass is 15.1. The first-order valence-corrected chi connectivity index (χ1v) is 6.27. The molecule has 0 aliphatic heterocycles. The Bertz CT molecular complexity index is 179. The number of rotatable bonds is 6. The Labute approximate surface area is 94.5 Å². The van der Waals surface area contributed by atoms with Gasteiger partial charge in [0.15, 0.2) is 0 Å². The van der Waals surface area contributed by atoms with E-state index in [9.17, 15) is 0 Å². The van der Waals surface area contributed by atoms with Gasteiger partial charge < -0.3 is 10.6 Å². The number of hydrogen-bond acceptors (Lipinski definition) is 2. The van der Waals surface area contributed by atoms with Crippen LogP contribution in [0.1, 0.15) is 38.5 Å². The van der Waals surface area contributed by atoms with Gasteiger partial charge in [-0.15, -0.1) is 6.58 Å². The van der Waals surface area contributed by atoms with Crippen molar-refractivity contribution in [2.75, 3.05) is 20.1 Å². The molecule has 0 aromatic rings. The van der Waals surface area contributed by atoms with E-state index in [4.69, 9.17) is 5.73 Å².